The molecule has 0 fully saturated rings. The molecule has 2 rings (SSSR count). The molecule has 0 saturated heterocycles. The van der Waals surface area contributed by atoms with E-state index in [1.807, 2.05) is 0 Å². The SMILES string of the molecule is CNC(c1nccnc1OC)c1c(F)cc(Br)cc1F. The van der Waals surface area contributed by atoms with Crippen LogP contribution in [0.15, 0.2) is 29.0 Å². The minimum Gasteiger partial charge on any atom is -0.480 e. The van der Waals surface area contributed by atoms with Crippen molar-refractivity contribution in [2.24, 2.45) is 0 Å². The van der Waals surface area contributed by atoms with E-state index in [2.05, 4.69) is 31.2 Å². The summed E-state index contributed by atoms with van der Waals surface area (Å²) >= 11 is 3.05. The van der Waals surface area contributed by atoms with Gasteiger partial charge >= 0.3 is 0 Å². The maximum atomic E-state index is 14.1. The van der Waals surface area contributed by atoms with Gasteiger partial charge in [-0.1, -0.05) is 15.9 Å². The van der Waals surface area contributed by atoms with Crippen LogP contribution in [0.4, 0.5) is 8.78 Å². The lowest BCUT2D eigenvalue weighted by atomic mass is 10.0. The Morgan fingerprint density at radius 3 is 2.35 bits per heavy atom. The van der Waals surface area contributed by atoms with Crippen molar-refractivity contribution >= 4 is 15.9 Å². The highest BCUT2D eigenvalue weighted by Crippen LogP contribution is 2.31. The Labute approximate surface area is 123 Å². The van der Waals surface area contributed by atoms with E-state index < -0.39 is 17.7 Å². The quantitative estimate of drug-likeness (QED) is 0.927. The van der Waals surface area contributed by atoms with E-state index in [1.165, 1.54) is 31.6 Å². The highest BCUT2D eigenvalue weighted by molar-refractivity contribution is 9.10. The zero-order valence-corrected chi connectivity index (χ0v) is 12.4. The first-order chi connectivity index (χ1) is 9.58. The zero-order chi connectivity index (χ0) is 14.7. The third-order valence-corrected chi connectivity index (χ3v) is 3.24. The van der Waals surface area contributed by atoms with Gasteiger partial charge < -0.3 is 10.1 Å². The van der Waals surface area contributed by atoms with E-state index in [-0.39, 0.29) is 11.4 Å². The number of ether oxygens (including phenoxy) is 1. The topological polar surface area (TPSA) is 47.0 Å². The van der Waals surface area contributed by atoms with Crippen LogP contribution in [0.25, 0.3) is 0 Å². The lowest BCUT2D eigenvalue weighted by molar-refractivity contribution is 0.382. The summed E-state index contributed by atoms with van der Waals surface area (Å²) in [6.07, 6.45) is 2.89. The van der Waals surface area contributed by atoms with Crippen LogP contribution in [0.1, 0.15) is 17.3 Å². The van der Waals surface area contributed by atoms with Crippen LogP contribution in [0.5, 0.6) is 5.88 Å². The summed E-state index contributed by atoms with van der Waals surface area (Å²) in [7, 11) is 3.01. The van der Waals surface area contributed by atoms with Crippen molar-refractivity contribution < 1.29 is 13.5 Å². The predicted octanol–water partition coefficient (Wildman–Crippen LogP) is 2.83. The van der Waals surface area contributed by atoms with Gasteiger partial charge in [0.15, 0.2) is 0 Å². The van der Waals surface area contributed by atoms with E-state index in [1.54, 1.807) is 7.05 Å². The molecule has 0 radical (unpaired) electrons. The number of methoxy groups -OCH3 is 1. The second-order valence-corrected chi connectivity index (χ2v) is 4.87. The van der Waals surface area contributed by atoms with Gasteiger partial charge in [-0.3, -0.25) is 4.98 Å². The fraction of sp³-hybridized carbons (Fsp3) is 0.231. The normalized spacial score (nSPS) is 12.2. The van der Waals surface area contributed by atoms with Crippen LogP contribution in [0.2, 0.25) is 0 Å². The highest BCUT2D eigenvalue weighted by atomic mass is 79.9. The van der Waals surface area contributed by atoms with Crippen molar-refractivity contribution in [1.82, 2.24) is 15.3 Å². The molecule has 0 amide bonds. The van der Waals surface area contributed by atoms with Crippen molar-refractivity contribution in [3.63, 3.8) is 0 Å². The average molecular weight is 344 g/mol. The molecular weight excluding hydrogens is 332 g/mol. The molecule has 1 aromatic heterocycles. The van der Waals surface area contributed by atoms with E-state index in [4.69, 9.17) is 4.74 Å². The second kappa shape index (κ2) is 6.23. The fourth-order valence-corrected chi connectivity index (χ4v) is 2.34. The molecule has 106 valence electrons. The first-order valence-corrected chi connectivity index (χ1v) is 6.54. The van der Waals surface area contributed by atoms with E-state index >= 15 is 0 Å². The van der Waals surface area contributed by atoms with E-state index in [0.717, 1.165) is 0 Å². The smallest absolute Gasteiger partial charge is 0.237 e. The van der Waals surface area contributed by atoms with Crippen LogP contribution in [0, 0.1) is 11.6 Å². The minimum absolute atomic E-state index is 0.130. The molecule has 1 aromatic carbocycles. The molecule has 2 aromatic rings. The van der Waals surface area contributed by atoms with Gasteiger partial charge in [0.05, 0.1) is 13.2 Å². The average Bonchev–Trinajstić information content (AvgIpc) is 2.42. The lowest BCUT2D eigenvalue weighted by Gasteiger charge is -2.19. The number of nitrogens with zero attached hydrogens (tertiary/aromatic N) is 2. The molecule has 0 saturated carbocycles. The Kier molecular flexibility index (Phi) is 4.61. The summed E-state index contributed by atoms with van der Waals surface area (Å²) in [5.74, 6) is -1.14. The predicted molar refractivity (Wildman–Crippen MR) is 73.5 cm³/mol. The Balaban J connectivity index is 2.59. The number of nitrogens with one attached hydrogen (secondary N) is 1. The molecule has 0 aliphatic carbocycles. The summed E-state index contributed by atoms with van der Waals surface area (Å²) in [5.41, 5.74) is 0.187. The summed E-state index contributed by atoms with van der Waals surface area (Å²) in [4.78, 5) is 8.10. The first kappa shape index (κ1) is 14.8. The number of hydrogen-bond acceptors (Lipinski definition) is 4. The van der Waals surface area contributed by atoms with Crippen molar-refractivity contribution in [3.05, 3.63) is 51.9 Å². The molecule has 1 unspecified atom stereocenters. The first-order valence-electron chi connectivity index (χ1n) is 5.75. The van der Waals surface area contributed by atoms with Crippen molar-refractivity contribution in [1.29, 1.82) is 0 Å². The molecule has 1 heterocycles. The summed E-state index contributed by atoms with van der Waals surface area (Å²) < 4.78 is 33.6. The monoisotopic (exact) mass is 343 g/mol. The third-order valence-electron chi connectivity index (χ3n) is 2.78. The highest BCUT2D eigenvalue weighted by Gasteiger charge is 2.25. The van der Waals surface area contributed by atoms with Gasteiger partial charge in [-0.15, -0.1) is 0 Å². The Hall–Kier alpha value is -1.60. The largest absolute Gasteiger partial charge is 0.480 e. The standard InChI is InChI=1S/C13H12BrF2N3O/c1-17-11(12-13(20-2)19-4-3-18-12)10-8(15)5-7(14)6-9(10)16/h3-6,11,17H,1-2H3. The van der Waals surface area contributed by atoms with Crippen LogP contribution in [-0.4, -0.2) is 24.1 Å². The summed E-state index contributed by atoms with van der Waals surface area (Å²) in [6.45, 7) is 0. The van der Waals surface area contributed by atoms with Gasteiger partial charge in [0.1, 0.15) is 17.3 Å². The second-order valence-electron chi connectivity index (χ2n) is 3.96. The Morgan fingerprint density at radius 2 is 1.80 bits per heavy atom. The molecule has 4 nitrogen and oxygen atoms in total. The van der Waals surface area contributed by atoms with Crippen molar-refractivity contribution in [2.45, 2.75) is 6.04 Å². The molecule has 20 heavy (non-hydrogen) atoms. The lowest BCUT2D eigenvalue weighted by Crippen LogP contribution is -2.22. The summed E-state index contributed by atoms with van der Waals surface area (Å²) in [6, 6.07) is 1.60. The molecule has 0 spiro atoms. The Bertz CT molecular complexity index is 601. The number of aromatic nitrogens is 2. The van der Waals surface area contributed by atoms with Gasteiger partial charge in [0.2, 0.25) is 5.88 Å². The van der Waals surface area contributed by atoms with Crippen LogP contribution >= 0.6 is 15.9 Å². The molecule has 0 bridgehead atoms. The fourth-order valence-electron chi connectivity index (χ4n) is 1.94. The van der Waals surface area contributed by atoms with Gasteiger partial charge in [-0.05, 0) is 19.2 Å². The van der Waals surface area contributed by atoms with E-state index in [0.29, 0.717) is 10.2 Å². The number of rotatable bonds is 4. The number of hydrogen-bond donors (Lipinski definition) is 1. The third kappa shape index (κ3) is 2.78. The molecular formula is C13H12BrF2N3O. The maximum absolute atomic E-state index is 14.1. The molecule has 7 heteroatoms. The summed E-state index contributed by atoms with van der Waals surface area (Å²) in [5, 5.41) is 2.83. The van der Waals surface area contributed by atoms with Gasteiger partial charge in [-0.25, -0.2) is 13.8 Å². The van der Waals surface area contributed by atoms with E-state index in [9.17, 15) is 8.78 Å². The van der Waals surface area contributed by atoms with Crippen molar-refractivity contribution in [3.8, 4) is 5.88 Å². The Morgan fingerprint density at radius 1 is 1.20 bits per heavy atom. The van der Waals surface area contributed by atoms with Crippen LogP contribution in [-0.2, 0) is 0 Å². The van der Waals surface area contributed by atoms with Crippen molar-refractivity contribution in [2.75, 3.05) is 14.2 Å². The molecule has 0 aliphatic rings. The maximum Gasteiger partial charge on any atom is 0.237 e. The molecule has 0 aliphatic heterocycles. The van der Waals surface area contributed by atoms with Gasteiger partial charge in [0, 0.05) is 22.4 Å². The van der Waals surface area contributed by atoms with Gasteiger partial charge in [0.25, 0.3) is 0 Å². The molecule has 1 atom stereocenters. The minimum atomic E-state index is -0.799. The zero-order valence-electron chi connectivity index (χ0n) is 10.8. The van der Waals surface area contributed by atoms with Gasteiger partial charge in [-0.2, -0.15) is 0 Å². The number of benzene rings is 1. The van der Waals surface area contributed by atoms with Crippen LogP contribution < -0.4 is 10.1 Å². The number of halogens is 3. The van der Waals surface area contributed by atoms with Crippen LogP contribution in [0.3, 0.4) is 0 Å². The molecule has 1 N–H and O–H groups in total.